The third-order valence-electron chi connectivity index (χ3n) is 13.6. The van der Waals surface area contributed by atoms with Crippen molar-refractivity contribution in [3.8, 4) is 51.7 Å². The fourth-order valence-corrected chi connectivity index (χ4v) is 12.9. The number of phosphoric acid groups is 3. The Morgan fingerprint density at radius 2 is 0.854 bits per heavy atom. The van der Waals surface area contributed by atoms with Crippen molar-refractivity contribution >= 4 is 89.1 Å². The van der Waals surface area contributed by atoms with Crippen LogP contribution in [0.25, 0.3) is 0 Å². The van der Waals surface area contributed by atoms with Gasteiger partial charge in [-0.2, -0.15) is 17.6 Å². The highest BCUT2D eigenvalue weighted by molar-refractivity contribution is 7.47. The number of carbonyl (C=O) groups excluding carboxylic acids is 3. The minimum absolute atomic E-state index is 0.00138. The predicted molar refractivity (Wildman–Crippen MR) is 311 cm³/mol. The maximum Gasteiger partial charge on any atom is 0.524 e. The van der Waals surface area contributed by atoms with Crippen molar-refractivity contribution in [2.45, 2.75) is 50.6 Å². The highest BCUT2D eigenvalue weighted by Crippen LogP contribution is 2.53. The first-order valence-electron chi connectivity index (χ1n) is 25.5. The number of hydrogen-bond acceptors (Lipinski definition) is 15. The van der Waals surface area contributed by atoms with Crippen LogP contribution < -0.4 is 42.0 Å². The Labute approximate surface area is 523 Å². The molecule has 3 aliphatic heterocycles. The Hall–Kier alpha value is -6.74. The molecule has 0 saturated heterocycles. The summed E-state index contributed by atoms with van der Waals surface area (Å²) in [5.41, 5.74) is 4.81. The molecule has 35 heteroatoms. The van der Waals surface area contributed by atoms with Crippen LogP contribution in [0.1, 0.15) is 68.2 Å². The van der Waals surface area contributed by atoms with Gasteiger partial charge in [0, 0.05) is 40.8 Å². The summed E-state index contributed by atoms with van der Waals surface area (Å²) in [4.78, 5) is 94.8. The molecule has 0 fully saturated rings. The number of carbonyl (C=O) groups is 3. The van der Waals surface area contributed by atoms with Crippen molar-refractivity contribution in [1.82, 2.24) is 14.7 Å². The van der Waals surface area contributed by atoms with Crippen molar-refractivity contribution < 1.29 is 117 Å². The van der Waals surface area contributed by atoms with Crippen LogP contribution in [0.5, 0.6) is 51.7 Å². The van der Waals surface area contributed by atoms with E-state index in [2.05, 4.69) is 18.5 Å². The summed E-state index contributed by atoms with van der Waals surface area (Å²) in [6.07, 6.45) is 2.81. The standard InChI is InChI=1S/C20H24NO9P.2C17H14Cl2F2NO6P/c1-26-15-6-5-13-14(19(15)30-31(23,24)25)7-8-21(11-22)18(13)12-9-16(27-2)20(29-4)17(10-12)28-3;18-10-5-9(6-11(19)7-10)15-12-1-2-14(27-17(20)21)16(28-29(24,25)26)13(12)3-4-22(15)8-23;18-13-6-10(7-14(19)16(13)28-29(24,25)26)15-12-2-1-11(27-17(20)21)5-9(12)3-4-22(15)8-23/h5-6,9-11,18H,7-8H2,1-4H3,(H2,23,24,25);2*1-2,5-8,15,17H,3-4H2,(H2,24,25,26)/t18-;2*15-/m111/s1. The quantitative estimate of drug-likeness (QED) is 0.0235. The molecule has 0 radical (unpaired) electrons. The van der Waals surface area contributed by atoms with Gasteiger partial charge in [-0.3, -0.25) is 43.7 Å². The summed E-state index contributed by atoms with van der Waals surface area (Å²) in [6, 6.07) is 19.1. The first-order chi connectivity index (χ1) is 41.9. The van der Waals surface area contributed by atoms with Crippen LogP contribution in [0, 0.1) is 0 Å². The molecular formula is C54H52Cl4F4N3O21P3. The number of nitrogens with zero attached hydrogens (tertiary/aromatic N) is 3. The minimum Gasteiger partial charge on any atom is -0.493 e. The number of fused-ring (bicyclic) bond motifs is 3. The van der Waals surface area contributed by atoms with Gasteiger partial charge < -0.3 is 56.7 Å². The third kappa shape index (κ3) is 17.2. The molecule has 0 unspecified atom stereocenters. The molecular weight excluding hydrogens is 1340 g/mol. The monoisotopic (exact) mass is 1390 g/mol. The molecule has 3 atom stereocenters. The second-order valence-corrected chi connectivity index (χ2v) is 24.1. The lowest BCUT2D eigenvalue weighted by molar-refractivity contribution is -0.120. The van der Waals surface area contributed by atoms with Crippen LogP contribution in [0.3, 0.4) is 0 Å². The number of benzene rings is 6. The summed E-state index contributed by atoms with van der Waals surface area (Å²) in [6.45, 7) is -5.47. The summed E-state index contributed by atoms with van der Waals surface area (Å²) in [5, 5.41) is 0.308. The van der Waals surface area contributed by atoms with Gasteiger partial charge in [-0.05, 0) is 125 Å². The average Bonchev–Trinajstić information content (AvgIpc) is 0.794. The van der Waals surface area contributed by atoms with Crippen molar-refractivity contribution in [2.75, 3.05) is 48.1 Å². The Morgan fingerprint density at radius 3 is 1.28 bits per heavy atom. The molecule has 3 aliphatic rings. The number of halogens is 8. The number of methoxy groups -OCH3 is 4. The normalized spacial score (nSPS) is 16.2. The Kier molecular flexibility index (Phi) is 23.1. The van der Waals surface area contributed by atoms with Crippen molar-refractivity contribution in [1.29, 1.82) is 0 Å². The lowest BCUT2D eigenvalue weighted by Gasteiger charge is -2.36. The highest BCUT2D eigenvalue weighted by atomic mass is 35.5. The number of ether oxygens (including phenoxy) is 6. The van der Waals surface area contributed by atoms with E-state index in [1.165, 1.54) is 74.6 Å². The lowest BCUT2D eigenvalue weighted by Crippen LogP contribution is -2.35. The molecule has 0 spiro atoms. The summed E-state index contributed by atoms with van der Waals surface area (Å²) < 4.78 is 129. The zero-order chi connectivity index (χ0) is 65.4. The smallest absolute Gasteiger partial charge is 0.493 e. The third-order valence-corrected chi connectivity index (χ3v) is 15.9. The fourth-order valence-electron chi connectivity index (χ4n) is 10.3. The van der Waals surface area contributed by atoms with Gasteiger partial charge >= 0.3 is 36.7 Å². The molecule has 480 valence electrons. The van der Waals surface area contributed by atoms with Crippen LogP contribution in [-0.4, -0.2) is 125 Å². The Bertz CT molecular complexity index is 3690. The minimum atomic E-state index is -5.08. The van der Waals surface area contributed by atoms with E-state index in [9.17, 15) is 65.2 Å². The fraction of sp³-hybridized carbons (Fsp3) is 0.278. The second-order valence-electron chi connectivity index (χ2n) is 19.0. The Morgan fingerprint density at radius 1 is 0.461 bits per heavy atom. The van der Waals surface area contributed by atoms with Gasteiger partial charge in [0.2, 0.25) is 25.0 Å². The van der Waals surface area contributed by atoms with E-state index in [0.29, 0.717) is 111 Å². The molecule has 0 bridgehead atoms. The molecule has 6 N–H and O–H groups in total. The van der Waals surface area contributed by atoms with E-state index in [1.54, 1.807) is 47.4 Å². The van der Waals surface area contributed by atoms with Gasteiger partial charge in [-0.1, -0.05) is 64.6 Å². The zero-order valence-corrected chi connectivity index (χ0v) is 52.2. The van der Waals surface area contributed by atoms with E-state index in [1.807, 2.05) is 0 Å². The molecule has 3 heterocycles. The number of phosphoric ester groups is 3. The van der Waals surface area contributed by atoms with Gasteiger partial charge in [-0.15, -0.1) is 0 Å². The van der Waals surface area contributed by atoms with Crippen LogP contribution in [0.15, 0.2) is 84.9 Å². The molecule has 6 aromatic rings. The average molecular weight is 1390 g/mol. The number of rotatable bonds is 20. The van der Waals surface area contributed by atoms with E-state index >= 15 is 0 Å². The molecule has 89 heavy (non-hydrogen) atoms. The molecule has 0 aliphatic carbocycles. The molecule has 9 rings (SSSR count). The summed E-state index contributed by atoms with van der Waals surface area (Å²) in [7, 11) is -8.96. The van der Waals surface area contributed by atoms with E-state index in [-0.39, 0.29) is 51.6 Å². The topological polar surface area (TPSA) is 317 Å². The van der Waals surface area contributed by atoms with Crippen LogP contribution >= 0.6 is 69.9 Å². The van der Waals surface area contributed by atoms with Crippen LogP contribution in [0.2, 0.25) is 20.1 Å². The second kappa shape index (κ2) is 29.5. The van der Waals surface area contributed by atoms with Gasteiger partial charge in [-0.25, -0.2) is 13.7 Å². The zero-order valence-electron chi connectivity index (χ0n) is 46.5. The molecule has 24 nitrogen and oxygen atoms in total. The first-order valence-corrected chi connectivity index (χ1v) is 31.6. The molecule has 0 saturated carbocycles. The van der Waals surface area contributed by atoms with Gasteiger partial charge in [0.15, 0.2) is 40.2 Å². The van der Waals surface area contributed by atoms with Crippen LogP contribution in [-0.2, 0) is 47.3 Å². The van der Waals surface area contributed by atoms with E-state index < -0.39 is 66.3 Å². The summed E-state index contributed by atoms with van der Waals surface area (Å²) >= 11 is 24.3. The van der Waals surface area contributed by atoms with Gasteiger partial charge in [0.1, 0.15) is 5.75 Å². The number of hydrogen-bond donors (Lipinski definition) is 6. The predicted octanol–water partition coefficient (Wildman–Crippen LogP) is 10.6. The van der Waals surface area contributed by atoms with Gasteiger partial charge in [0.05, 0.1) is 56.6 Å². The SMILES string of the molecule is COc1cc([C@@H]2c3ccc(OC)c(OP(=O)(O)O)c3CCN2C=O)cc(OC)c1OC.O=CN1CCc2c(ccc(OC(F)F)c2OP(=O)(O)O)[C@H]1c1cc(Cl)cc(Cl)c1.O=CN1CCc2cc(OC(F)F)ccc2[C@H]1c1cc(Cl)c(OP(=O)(O)O)c(Cl)c1. The van der Waals surface area contributed by atoms with E-state index in [0.717, 1.165) is 12.5 Å². The molecule has 6 aromatic carbocycles. The highest BCUT2D eigenvalue weighted by Gasteiger charge is 2.37. The van der Waals surface area contributed by atoms with Gasteiger partial charge in [0.25, 0.3) is 0 Å². The van der Waals surface area contributed by atoms with Crippen LogP contribution in [0.4, 0.5) is 17.6 Å². The van der Waals surface area contributed by atoms with Crippen molar-refractivity contribution in [3.05, 3.63) is 155 Å². The number of alkyl halides is 4. The summed E-state index contributed by atoms with van der Waals surface area (Å²) in [5.74, 6) is -0.0445. The first kappa shape index (κ1) is 69.7. The Balaban J connectivity index is 0.000000190. The maximum atomic E-state index is 12.8. The van der Waals surface area contributed by atoms with Crippen molar-refractivity contribution in [2.24, 2.45) is 0 Å². The van der Waals surface area contributed by atoms with E-state index in [4.69, 9.17) is 79.7 Å². The largest absolute Gasteiger partial charge is 0.524 e. The molecule has 3 amide bonds. The molecule has 0 aromatic heterocycles. The lowest BCUT2D eigenvalue weighted by atomic mass is 9.87. The van der Waals surface area contributed by atoms with Crippen molar-refractivity contribution in [3.63, 3.8) is 0 Å². The number of amides is 3. The maximum absolute atomic E-state index is 12.8.